The third kappa shape index (κ3) is 4.68. The van der Waals surface area contributed by atoms with E-state index in [4.69, 9.17) is 10.6 Å². The Labute approximate surface area is 120 Å². The van der Waals surface area contributed by atoms with Crippen molar-refractivity contribution in [3.8, 4) is 5.75 Å². The summed E-state index contributed by atoms with van der Waals surface area (Å²) >= 11 is 0. The molecular formula is C17H22N2O. The van der Waals surface area contributed by atoms with E-state index < -0.39 is 0 Å². The number of unbranched alkanes of at least 4 members (excludes halogenated alkanes) is 1. The van der Waals surface area contributed by atoms with Crippen LogP contribution in [0.4, 0.5) is 0 Å². The molecule has 0 fully saturated rings. The number of hydrogen-bond donors (Lipinski definition) is 2. The first-order valence-corrected chi connectivity index (χ1v) is 7.12. The molecule has 0 saturated carbocycles. The molecule has 0 amide bonds. The van der Waals surface area contributed by atoms with Crippen LogP contribution in [-0.4, -0.2) is 6.54 Å². The van der Waals surface area contributed by atoms with Gasteiger partial charge in [-0.15, -0.1) is 5.48 Å². The van der Waals surface area contributed by atoms with E-state index in [1.165, 1.54) is 5.56 Å². The van der Waals surface area contributed by atoms with Gasteiger partial charge in [-0.1, -0.05) is 55.0 Å². The molecule has 3 N–H and O–H groups in total. The van der Waals surface area contributed by atoms with Crippen LogP contribution in [0.1, 0.15) is 30.9 Å². The van der Waals surface area contributed by atoms with Gasteiger partial charge in [-0.25, -0.2) is 0 Å². The zero-order valence-electron chi connectivity index (χ0n) is 11.7. The molecule has 1 atom stereocenters. The molecule has 0 heterocycles. The van der Waals surface area contributed by atoms with E-state index in [2.05, 4.69) is 29.7 Å². The zero-order chi connectivity index (χ0) is 14.0. The Morgan fingerprint density at radius 2 is 1.55 bits per heavy atom. The van der Waals surface area contributed by atoms with Gasteiger partial charge in [0.15, 0.2) is 0 Å². The fourth-order valence-electron chi connectivity index (χ4n) is 2.10. The first-order valence-electron chi connectivity index (χ1n) is 7.12. The molecule has 0 spiro atoms. The molecule has 3 nitrogen and oxygen atoms in total. The molecule has 106 valence electrons. The van der Waals surface area contributed by atoms with Crippen LogP contribution in [0.5, 0.6) is 5.75 Å². The molecule has 0 radical (unpaired) electrons. The third-order valence-corrected chi connectivity index (χ3v) is 3.21. The Morgan fingerprint density at radius 3 is 2.20 bits per heavy atom. The molecule has 1 unspecified atom stereocenters. The average Bonchev–Trinajstić information content (AvgIpc) is 2.52. The molecule has 0 aliphatic rings. The second-order valence-corrected chi connectivity index (χ2v) is 4.78. The average molecular weight is 270 g/mol. The van der Waals surface area contributed by atoms with Crippen LogP contribution < -0.4 is 16.1 Å². The summed E-state index contributed by atoms with van der Waals surface area (Å²) in [4.78, 5) is 5.67. The lowest BCUT2D eigenvalue weighted by atomic mass is 10.0. The summed E-state index contributed by atoms with van der Waals surface area (Å²) in [7, 11) is 0. The van der Waals surface area contributed by atoms with Crippen LogP contribution in [0.2, 0.25) is 0 Å². The van der Waals surface area contributed by atoms with Crippen molar-refractivity contribution in [1.29, 1.82) is 0 Å². The van der Waals surface area contributed by atoms with Gasteiger partial charge in [0.2, 0.25) is 0 Å². The smallest absolute Gasteiger partial charge is 0.147 e. The SMILES string of the molecule is NCCCCC(NOc1ccccc1)c1ccccc1. The highest BCUT2D eigenvalue weighted by Gasteiger charge is 2.11. The number of nitrogens with two attached hydrogens (primary N) is 1. The van der Waals surface area contributed by atoms with E-state index in [9.17, 15) is 0 Å². The van der Waals surface area contributed by atoms with Gasteiger partial charge < -0.3 is 10.6 Å². The topological polar surface area (TPSA) is 47.3 Å². The van der Waals surface area contributed by atoms with Gasteiger partial charge in [-0.2, -0.15) is 0 Å². The van der Waals surface area contributed by atoms with Crippen molar-refractivity contribution in [2.24, 2.45) is 5.73 Å². The van der Waals surface area contributed by atoms with Crippen LogP contribution in [-0.2, 0) is 0 Å². The van der Waals surface area contributed by atoms with E-state index in [1.54, 1.807) is 0 Å². The van der Waals surface area contributed by atoms with Gasteiger partial charge in [0.05, 0.1) is 6.04 Å². The molecule has 2 aromatic carbocycles. The molecule has 0 aliphatic heterocycles. The predicted molar refractivity (Wildman–Crippen MR) is 82.3 cm³/mol. The second-order valence-electron chi connectivity index (χ2n) is 4.78. The van der Waals surface area contributed by atoms with Gasteiger partial charge in [-0.05, 0) is 37.1 Å². The second kappa shape index (κ2) is 8.35. The van der Waals surface area contributed by atoms with Crippen molar-refractivity contribution in [2.75, 3.05) is 6.54 Å². The van der Waals surface area contributed by atoms with Crippen molar-refractivity contribution < 1.29 is 4.84 Å². The van der Waals surface area contributed by atoms with Crippen molar-refractivity contribution in [3.05, 3.63) is 66.2 Å². The minimum Gasteiger partial charge on any atom is -0.408 e. The zero-order valence-corrected chi connectivity index (χ0v) is 11.7. The molecule has 0 bridgehead atoms. The summed E-state index contributed by atoms with van der Waals surface area (Å²) in [6.07, 6.45) is 3.13. The van der Waals surface area contributed by atoms with Gasteiger partial charge in [0.1, 0.15) is 5.75 Å². The summed E-state index contributed by atoms with van der Waals surface area (Å²) in [5.74, 6) is 0.826. The molecule has 20 heavy (non-hydrogen) atoms. The van der Waals surface area contributed by atoms with Gasteiger partial charge in [-0.3, -0.25) is 0 Å². The summed E-state index contributed by atoms with van der Waals surface area (Å²) in [6, 6.07) is 20.3. The first-order chi connectivity index (χ1) is 9.90. The molecule has 3 heteroatoms. The Kier molecular flexibility index (Phi) is 6.08. The predicted octanol–water partition coefficient (Wildman–Crippen LogP) is 3.44. The summed E-state index contributed by atoms with van der Waals surface area (Å²) in [6.45, 7) is 0.737. The fraction of sp³-hybridized carbons (Fsp3) is 0.294. The lowest BCUT2D eigenvalue weighted by molar-refractivity contribution is 0.148. The molecule has 2 rings (SSSR count). The lowest BCUT2D eigenvalue weighted by Gasteiger charge is -2.19. The minimum absolute atomic E-state index is 0.183. The van der Waals surface area contributed by atoms with Crippen LogP contribution in [0.25, 0.3) is 0 Å². The lowest BCUT2D eigenvalue weighted by Crippen LogP contribution is -2.25. The molecule has 0 saturated heterocycles. The van der Waals surface area contributed by atoms with Crippen LogP contribution in [0.3, 0.4) is 0 Å². The number of hydrogen-bond acceptors (Lipinski definition) is 3. The fourth-order valence-corrected chi connectivity index (χ4v) is 2.10. The monoisotopic (exact) mass is 270 g/mol. The maximum Gasteiger partial charge on any atom is 0.147 e. The molecule has 0 aromatic heterocycles. The molecular weight excluding hydrogens is 248 g/mol. The van der Waals surface area contributed by atoms with Gasteiger partial charge in [0, 0.05) is 0 Å². The van der Waals surface area contributed by atoms with E-state index in [-0.39, 0.29) is 6.04 Å². The standard InChI is InChI=1S/C17H22N2O/c18-14-8-7-13-17(15-9-3-1-4-10-15)19-20-16-11-5-2-6-12-16/h1-6,9-12,17,19H,7-8,13-14,18H2. The summed E-state index contributed by atoms with van der Waals surface area (Å²) in [5, 5.41) is 0. The highest BCUT2D eigenvalue weighted by molar-refractivity contribution is 5.22. The van der Waals surface area contributed by atoms with E-state index in [1.807, 2.05) is 36.4 Å². The number of hydroxylamine groups is 1. The van der Waals surface area contributed by atoms with Crippen molar-refractivity contribution in [3.63, 3.8) is 0 Å². The van der Waals surface area contributed by atoms with Crippen LogP contribution in [0, 0.1) is 0 Å². The van der Waals surface area contributed by atoms with E-state index in [0.29, 0.717) is 0 Å². The largest absolute Gasteiger partial charge is 0.408 e. The highest BCUT2D eigenvalue weighted by Crippen LogP contribution is 2.20. The highest BCUT2D eigenvalue weighted by atomic mass is 16.6. The summed E-state index contributed by atoms with van der Waals surface area (Å²) in [5.41, 5.74) is 9.97. The molecule has 0 aliphatic carbocycles. The number of benzene rings is 2. The quantitative estimate of drug-likeness (QED) is 0.570. The van der Waals surface area contributed by atoms with Crippen LogP contribution >= 0.6 is 0 Å². The number of para-hydroxylation sites is 1. The maximum atomic E-state index is 5.67. The first kappa shape index (κ1) is 14.6. The van der Waals surface area contributed by atoms with E-state index >= 15 is 0 Å². The van der Waals surface area contributed by atoms with E-state index in [0.717, 1.165) is 31.6 Å². The number of nitrogens with one attached hydrogen (secondary N) is 1. The Morgan fingerprint density at radius 1 is 0.900 bits per heavy atom. The Balaban J connectivity index is 1.95. The summed E-state index contributed by atoms with van der Waals surface area (Å²) < 4.78 is 0. The van der Waals surface area contributed by atoms with Crippen molar-refractivity contribution >= 4 is 0 Å². The number of rotatable bonds is 8. The third-order valence-electron chi connectivity index (χ3n) is 3.21. The van der Waals surface area contributed by atoms with Crippen LogP contribution in [0.15, 0.2) is 60.7 Å². The van der Waals surface area contributed by atoms with Crippen molar-refractivity contribution in [2.45, 2.75) is 25.3 Å². The minimum atomic E-state index is 0.183. The van der Waals surface area contributed by atoms with Gasteiger partial charge in [0.25, 0.3) is 0 Å². The Hall–Kier alpha value is -1.84. The normalized spacial score (nSPS) is 12.1. The Bertz CT molecular complexity index is 473. The molecule has 2 aromatic rings. The van der Waals surface area contributed by atoms with Gasteiger partial charge >= 0.3 is 0 Å². The van der Waals surface area contributed by atoms with Crippen molar-refractivity contribution in [1.82, 2.24) is 5.48 Å². The maximum absolute atomic E-state index is 5.67.